The van der Waals surface area contributed by atoms with Crippen LogP contribution < -0.4 is 10.1 Å². The van der Waals surface area contributed by atoms with Crippen molar-refractivity contribution in [2.75, 3.05) is 13.7 Å². The van der Waals surface area contributed by atoms with Gasteiger partial charge in [-0.2, -0.15) is 0 Å². The van der Waals surface area contributed by atoms with Gasteiger partial charge in [0.1, 0.15) is 5.75 Å². The molecule has 3 heteroatoms. The molecule has 1 amide bonds. The molecular formula is C16H25NO2. The molecule has 0 bridgehead atoms. The SMILES string of the molecule is CCCCNC(=O)Cc1ccc(OC)c(C(C)C)c1. The summed E-state index contributed by atoms with van der Waals surface area (Å²) in [5.41, 5.74) is 2.19. The molecule has 0 saturated carbocycles. The third-order valence-electron chi connectivity index (χ3n) is 3.13. The zero-order valence-corrected chi connectivity index (χ0v) is 12.5. The zero-order chi connectivity index (χ0) is 14.3. The maximum atomic E-state index is 11.8. The highest BCUT2D eigenvalue weighted by atomic mass is 16.5. The van der Waals surface area contributed by atoms with Gasteiger partial charge in [0.05, 0.1) is 13.5 Å². The fourth-order valence-corrected chi connectivity index (χ4v) is 2.00. The Labute approximate surface area is 116 Å². The van der Waals surface area contributed by atoms with E-state index in [1.54, 1.807) is 7.11 Å². The number of amides is 1. The average molecular weight is 263 g/mol. The number of ether oxygens (including phenoxy) is 1. The van der Waals surface area contributed by atoms with E-state index in [9.17, 15) is 4.79 Å². The van der Waals surface area contributed by atoms with Gasteiger partial charge in [-0.05, 0) is 29.5 Å². The van der Waals surface area contributed by atoms with Gasteiger partial charge in [0.15, 0.2) is 0 Å². The lowest BCUT2D eigenvalue weighted by Gasteiger charge is -2.13. The van der Waals surface area contributed by atoms with Gasteiger partial charge in [-0.3, -0.25) is 4.79 Å². The van der Waals surface area contributed by atoms with Crippen molar-refractivity contribution in [1.29, 1.82) is 0 Å². The topological polar surface area (TPSA) is 38.3 Å². The highest BCUT2D eigenvalue weighted by molar-refractivity contribution is 5.78. The second-order valence-electron chi connectivity index (χ2n) is 5.11. The predicted molar refractivity (Wildman–Crippen MR) is 78.7 cm³/mol. The van der Waals surface area contributed by atoms with Crippen LogP contribution in [0.2, 0.25) is 0 Å². The van der Waals surface area contributed by atoms with Crippen molar-refractivity contribution < 1.29 is 9.53 Å². The summed E-state index contributed by atoms with van der Waals surface area (Å²) in [6.45, 7) is 7.14. The molecule has 0 aliphatic carbocycles. The van der Waals surface area contributed by atoms with E-state index in [-0.39, 0.29) is 5.91 Å². The van der Waals surface area contributed by atoms with Gasteiger partial charge < -0.3 is 10.1 Å². The van der Waals surface area contributed by atoms with Crippen molar-refractivity contribution in [2.45, 2.75) is 46.0 Å². The molecule has 1 aromatic carbocycles. The standard InChI is InChI=1S/C16H25NO2/c1-5-6-9-17-16(18)11-13-7-8-15(19-4)14(10-13)12(2)3/h7-8,10,12H,5-6,9,11H2,1-4H3,(H,17,18). The smallest absolute Gasteiger partial charge is 0.224 e. The van der Waals surface area contributed by atoms with Gasteiger partial charge in [-0.25, -0.2) is 0 Å². The minimum atomic E-state index is 0.0910. The molecule has 0 fully saturated rings. The molecule has 0 heterocycles. The number of benzene rings is 1. The van der Waals surface area contributed by atoms with Crippen LogP contribution in [-0.4, -0.2) is 19.6 Å². The summed E-state index contributed by atoms with van der Waals surface area (Å²) in [6.07, 6.45) is 2.57. The molecule has 1 aromatic rings. The number of carbonyl (C=O) groups is 1. The molecular weight excluding hydrogens is 238 g/mol. The Hall–Kier alpha value is -1.51. The van der Waals surface area contributed by atoms with E-state index >= 15 is 0 Å². The third kappa shape index (κ3) is 4.93. The largest absolute Gasteiger partial charge is 0.496 e. The molecule has 0 spiro atoms. The number of rotatable bonds is 7. The average Bonchev–Trinajstić information content (AvgIpc) is 2.39. The van der Waals surface area contributed by atoms with E-state index in [0.717, 1.165) is 36.3 Å². The first-order valence-electron chi connectivity index (χ1n) is 7.02. The Kier molecular flexibility index (Phi) is 6.40. The molecule has 0 atom stereocenters. The predicted octanol–water partition coefficient (Wildman–Crippen LogP) is 3.28. The number of hydrogen-bond donors (Lipinski definition) is 1. The van der Waals surface area contributed by atoms with Crippen LogP contribution in [-0.2, 0) is 11.2 Å². The minimum absolute atomic E-state index is 0.0910. The van der Waals surface area contributed by atoms with Crippen LogP contribution in [0.5, 0.6) is 5.75 Å². The Morgan fingerprint density at radius 3 is 2.68 bits per heavy atom. The van der Waals surface area contributed by atoms with Crippen LogP contribution >= 0.6 is 0 Å². The lowest BCUT2D eigenvalue weighted by Crippen LogP contribution is -2.26. The Morgan fingerprint density at radius 2 is 2.11 bits per heavy atom. The summed E-state index contributed by atoms with van der Waals surface area (Å²) in [7, 11) is 1.68. The van der Waals surface area contributed by atoms with E-state index in [1.165, 1.54) is 0 Å². The van der Waals surface area contributed by atoms with E-state index in [1.807, 2.05) is 12.1 Å². The van der Waals surface area contributed by atoms with E-state index < -0.39 is 0 Å². The second kappa shape index (κ2) is 7.82. The summed E-state index contributed by atoms with van der Waals surface area (Å²) in [6, 6.07) is 5.98. The first-order chi connectivity index (χ1) is 9.08. The molecule has 3 nitrogen and oxygen atoms in total. The normalized spacial score (nSPS) is 10.6. The molecule has 0 unspecified atom stereocenters. The van der Waals surface area contributed by atoms with Crippen molar-refractivity contribution >= 4 is 5.91 Å². The fraction of sp³-hybridized carbons (Fsp3) is 0.562. The van der Waals surface area contributed by atoms with Crippen molar-refractivity contribution in [3.8, 4) is 5.75 Å². The summed E-state index contributed by atoms with van der Waals surface area (Å²) < 4.78 is 5.35. The number of unbranched alkanes of at least 4 members (excludes halogenated alkanes) is 1. The Balaban J connectivity index is 2.68. The molecule has 1 rings (SSSR count). The van der Waals surface area contributed by atoms with E-state index in [2.05, 4.69) is 32.2 Å². The van der Waals surface area contributed by atoms with Gasteiger partial charge in [0.25, 0.3) is 0 Å². The van der Waals surface area contributed by atoms with Crippen molar-refractivity contribution in [3.63, 3.8) is 0 Å². The number of nitrogens with one attached hydrogen (secondary N) is 1. The second-order valence-corrected chi connectivity index (χ2v) is 5.11. The van der Waals surface area contributed by atoms with Crippen LogP contribution in [0, 0.1) is 0 Å². The maximum absolute atomic E-state index is 11.8. The molecule has 0 aromatic heterocycles. The van der Waals surface area contributed by atoms with Gasteiger partial charge in [0, 0.05) is 6.54 Å². The number of carbonyl (C=O) groups excluding carboxylic acids is 1. The monoisotopic (exact) mass is 263 g/mol. The first kappa shape index (κ1) is 15.5. The summed E-state index contributed by atoms with van der Waals surface area (Å²) in [4.78, 5) is 11.8. The number of methoxy groups -OCH3 is 1. The molecule has 19 heavy (non-hydrogen) atoms. The van der Waals surface area contributed by atoms with Crippen molar-refractivity contribution in [2.24, 2.45) is 0 Å². The number of hydrogen-bond acceptors (Lipinski definition) is 2. The van der Waals surface area contributed by atoms with Gasteiger partial charge in [-0.15, -0.1) is 0 Å². The fourth-order valence-electron chi connectivity index (χ4n) is 2.00. The summed E-state index contributed by atoms with van der Waals surface area (Å²) >= 11 is 0. The van der Waals surface area contributed by atoms with E-state index in [4.69, 9.17) is 4.74 Å². The summed E-state index contributed by atoms with van der Waals surface area (Å²) in [5, 5.41) is 2.94. The van der Waals surface area contributed by atoms with Crippen molar-refractivity contribution in [1.82, 2.24) is 5.32 Å². The third-order valence-corrected chi connectivity index (χ3v) is 3.13. The van der Waals surface area contributed by atoms with Crippen LogP contribution in [0.25, 0.3) is 0 Å². The Morgan fingerprint density at radius 1 is 1.37 bits per heavy atom. The van der Waals surface area contributed by atoms with E-state index in [0.29, 0.717) is 12.3 Å². The molecule has 1 N–H and O–H groups in total. The summed E-state index contributed by atoms with van der Waals surface area (Å²) in [5.74, 6) is 1.37. The molecule has 106 valence electrons. The van der Waals surface area contributed by atoms with Crippen LogP contribution in [0.15, 0.2) is 18.2 Å². The van der Waals surface area contributed by atoms with Crippen LogP contribution in [0.3, 0.4) is 0 Å². The van der Waals surface area contributed by atoms with Crippen molar-refractivity contribution in [3.05, 3.63) is 29.3 Å². The molecule has 0 aliphatic rings. The Bertz CT molecular complexity index is 413. The maximum Gasteiger partial charge on any atom is 0.224 e. The quantitative estimate of drug-likeness (QED) is 0.767. The lowest BCUT2D eigenvalue weighted by molar-refractivity contribution is -0.120. The van der Waals surface area contributed by atoms with Gasteiger partial charge >= 0.3 is 0 Å². The molecule has 0 saturated heterocycles. The van der Waals surface area contributed by atoms with Crippen LogP contribution in [0.4, 0.5) is 0 Å². The minimum Gasteiger partial charge on any atom is -0.496 e. The van der Waals surface area contributed by atoms with Gasteiger partial charge in [0.2, 0.25) is 5.91 Å². The molecule has 0 aliphatic heterocycles. The molecule has 0 radical (unpaired) electrons. The van der Waals surface area contributed by atoms with Gasteiger partial charge in [-0.1, -0.05) is 39.3 Å². The highest BCUT2D eigenvalue weighted by Crippen LogP contribution is 2.27. The van der Waals surface area contributed by atoms with Crippen LogP contribution in [0.1, 0.15) is 50.7 Å². The first-order valence-corrected chi connectivity index (χ1v) is 7.02. The lowest BCUT2D eigenvalue weighted by atomic mass is 9.98. The highest BCUT2D eigenvalue weighted by Gasteiger charge is 2.10. The zero-order valence-electron chi connectivity index (χ0n) is 12.5.